The smallest absolute Gasteiger partial charge is 0.222 e. The van der Waals surface area contributed by atoms with E-state index >= 15 is 0 Å². The lowest BCUT2D eigenvalue weighted by molar-refractivity contribution is -0.135. The van der Waals surface area contributed by atoms with Crippen LogP contribution in [0.1, 0.15) is 24.1 Å². The molecular formula is C14H20N2O2S. The third-order valence-electron chi connectivity index (χ3n) is 3.63. The zero-order chi connectivity index (χ0) is 13.7. The van der Waals surface area contributed by atoms with Crippen LogP contribution in [0.4, 0.5) is 0 Å². The Balaban J connectivity index is 1.74. The lowest BCUT2D eigenvalue weighted by atomic mass is 9.95. The van der Waals surface area contributed by atoms with Crippen LogP contribution in [0.5, 0.6) is 0 Å². The topological polar surface area (TPSA) is 49.4 Å². The molecule has 104 valence electrons. The number of carbonyl (C=O) groups excluding carboxylic acids is 2. The summed E-state index contributed by atoms with van der Waals surface area (Å²) < 4.78 is 0. The van der Waals surface area contributed by atoms with E-state index in [1.807, 2.05) is 16.3 Å². The van der Waals surface area contributed by atoms with E-state index in [1.54, 1.807) is 18.4 Å². The molecule has 1 aliphatic heterocycles. The van der Waals surface area contributed by atoms with Gasteiger partial charge in [-0.15, -0.1) is 11.3 Å². The maximum atomic E-state index is 12.1. The summed E-state index contributed by atoms with van der Waals surface area (Å²) in [6.07, 6.45) is 2.96. The molecule has 1 aliphatic rings. The second-order valence-corrected chi connectivity index (χ2v) is 5.88. The maximum absolute atomic E-state index is 12.1. The van der Waals surface area contributed by atoms with Crippen molar-refractivity contribution in [3.05, 3.63) is 22.4 Å². The molecule has 5 heteroatoms. The van der Waals surface area contributed by atoms with Crippen molar-refractivity contribution in [3.63, 3.8) is 0 Å². The Kier molecular flexibility index (Phi) is 4.96. The molecular weight excluding hydrogens is 260 g/mol. The predicted octanol–water partition coefficient (Wildman–Crippen LogP) is 1.67. The highest BCUT2D eigenvalue weighted by Crippen LogP contribution is 2.19. The van der Waals surface area contributed by atoms with Crippen molar-refractivity contribution in [1.29, 1.82) is 0 Å². The molecule has 0 radical (unpaired) electrons. The highest BCUT2D eigenvalue weighted by molar-refractivity contribution is 7.09. The van der Waals surface area contributed by atoms with Crippen molar-refractivity contribution >= 4 is 23.2 Å². The van der Waals surface area contributed by atoms with Crippen molar-refractivity contribution < 1.29 is 9.59 Å². The van der Waals surface area contributed by atoms with Gasteiger partial charge in [-0.2, -0.15) is 0 Å². The monoisotopic (exact) mass is 280 g/mol. The van der Waals surface area contributed by atoms with Gasteiger partial charge in [0.15, 0.2) is 0 Å². The highest BCUT2D eigenvalue weighted by Gasteiger charge is 2.26. The zero-order valence-corrected chi connectivity index (χ0v) is 12.0. The third-order valence-corrected chi connectivity index (χ3v) is 4.57. The van der Waals surface area contributed by atoms with E-state index in [0.29, 0.717) is 19.5 Å². The molecule has 19 heavy (non-hydrogen) atoms. The first-order valence-corrected chi connectivity index (χ1v) is 7.60. The maximum Gasteiger partial charge on any atom is 0.222 e. The van der Waals surface area contributed by atoms with Gasteiger partial charge in [0.05, 0.1) is 0 Å². The second-order valence-electron chi connectivity index (χ2n) is 4.85. The summed E-state index contributed by atoms with van der Waals surface area (Å²) in [7, 11) is 1.67. The van der Waals surface area contributed by atoms with Crippen molar-refractivity contribution in [3.8, 4) is 0 Å². The van der Waals surface area contributed by atoms with Gasteiger partial charge in [-0.25, -0.2) is 0 Å². The Bertz CT molecular complexity index is 423. The van der Waals surface area contributed by atoms with Crippen LogP contribution in [0.2, 0.25) is 0 Å². The van der Waals surface area contributed by atoms with Gasteiger partial charge in [0.25, 0.3) is 0 Å². The molecule has 1 fully saturated rings. The van der Waals surface area contributed by atoms with Gasteiger partial charge < -0.3 is 10.2 Å². The summed E-state index contributed by atoms with van der Waals surface area (Å²) in [5.74, 6) is 0.390. The first kappa shape index (κ1) is 14.1. The molecule has 0 saturated carbocycles. The number of piperidine rings is 1. The molecule has 0 bridgehead atoms. The van der Waals surface area contributed by atoms with E-state index in [9.17, 15) is 9.59 Å². The van der Waals surface area contributed by atoms with Crippen LogP contribution in [0, 0.1) is 5.92 Å². The van der Waals surface area contributed by atoms with Gasteiger partial charge in [0, 0.05) is 37.4 Å². The Labute approximate surface area is 117 Å². The van der Waals surface area contributed by atoms with Crippen LogP contribution >= 0.6 is 11.3 Å². The molecule has 0 spiro atoms. The lowest BCUT2D eigenvalue weighted by Gasteiger charge is -2.31. The van der Waals surface area contributed by atoms with E-state index in [2.05, 4.69) is 11.4 Å². The summed E-state index contributed by atoms with van der Waals surface area (Å²) in [5.41, 5.74) is 0. The molecule has 1 aromatic rings. The van der Waals surface area contributed by atoms with Crippen LogP contribution in [0.15, 0.2) is 17.5 Å². The number of rotatable bonds is 4. The summed E-state index contributed by atoms with van der Waals surface area (Å²) in [6.45, 7) is 1.42. The predicted molar refractivity (Wildman–Crippen MR) is 76.0 cm³/mol. The minimum Gasteiger partial charge on any atom is -0.359 e. The van der Waals surface area contributed by atoms with Crippen molar-refractivity contribution in [2.45, 2.75) is 25.7 Å². The van der Waals surface area contributed by atoms with E-state index in [4.69, 9.17) is 0 Å². The van der Waals surface area contributed by atoms with Crippen LogP contribution in [0.3, 0.4) is 0 Å². The van der Waals surface area contributed by atoms with E-state index in [0.717, 1.165) is 19.3 Å². The molecule has 2 heterocycles. The zero-order valence-electron chi connectivity index (χ0n) is 11.2. The van der Waals surface area contributed by atoms with E-state index in [-0.39, 0.29) is 17.7 Å². The number of hydrogen-bond donors (Lipinski definition) is 1. The number of likely N-dealkylation sites (tertiary alicyclic amines) is 1. The van der Waals surface area contributed by atoms with Crippen LogP contribution in [-0.2, 0) is 16.0 Å². The Morgan fingerprint density at radius 3 is 2.74 bits per heavy atom. The van der Waals surface area contributed by atoms with E-state index < -0.39 is 0 Å². The van der Waals surface area contributed by atoms with Crippen molar-refractivity contribution in [1.82, 2.24) is 10.2 Å². The van der Waals surface area contributed by atoms with Gasteiger partial charge in [-0.1, -0.05) is 6.07 Å². The summed E-state index contributed by atoms with van der Waals surface area (Å²) in [6, 6.07) is 4.08. The molecule has 0 atom stereocenters. The molecule has 0 aromatic carbocycles. The highest BCUT2D eigenvalue weighted by atomic mass is 32.1. The average molecular weight is 280 g/mol. The minimum absolute atomic E-state index is 0.0753. The largest absolute Gasteiger partial charge is 0.359 e. The van der Waals surface area contributed by atoms with E-state index in [1.165, 1.54) is 4.88 Å². The standard InChI is InChI=1S/C14H20N2O2S/c1-15-14(18)11-6-8-16(9-7-11)13(17)5-4-12-3-2-10-19-12/h2-3,10-11H,4-9H2,1H3,(H,15,18). The normalized spacial score (nSPS) is 16.4. The van der Waals surface area contributed by atoms with Gasteiger partial charge in [0.2, 0.25) is 11.8 Å². The molecule has 1 N–H and O–H groups in total. The number of nitrogens with zero attached hydrogens (tertiary/aromatic N) is 1. The van der Waals surface area contributed by atoms with Crippen molar-refractivity contribution in [2.24, 2.45) is 5.92 Å². The molecule has 1 aromatic heterocycles. The molecule has 0 unspecified atom stereocenters. The number of aryl methyl sites for hydroxylation is 1. The average Bonchev–Trinajstić information content (AvgIpc) is 2.97. The quantitative estimate of drug-likeness (QED) is 0.912. The lowest BCUT2D eigenvalue weighted by Crippen LogP contribution is -2.42. The van der Waals surface area contributed by atoms with Gasteiger partial charge in [-0.3, -0.25) is 9.59 Å². The molecule has 0 aliphatic carbocycles. The summed E-state index contributed by atoms with van der Waals surface area (Å²) in [5, 5.41) is 4.72. The van der Waals surface area contributed by atoms with Gasteiger partial charge in [-0.05, 0) is 30.7 Å². The van der Waals surface area contributed by atoms with Crippen molar-refractivity contribution in [2.75, 3.05) is 20.1 Å². The number of hydrogen-bond acceptors (Lipinski definition) is 3. The van der Waals surface area contributed by atoms with Gasteiger partial charge >= 0.3 is 0 Å². The van der Waals surface area contributed by atoms with Crippen LogP contribution in [-0.4, -0.2) is 36.9 Å². The second kappa shape index (κ2) is 6.70. The van der Waals surface area contributed by atoms with Gasteiger partial charge in [0.1, 0.15) is 0 Å². The van der Waals surface area contributed by atoms with Crippen LogP contribution in [0.25, 0.3) is 0 Å². The molecule has 2 amide bonds. The number of amides is 2. The number of thiophene rings is 1. The first-order chi connectivity index (χ1) is 9.20. The fourth-order valence-corrected chi connectivity index (χ4v) is 3.15. The summed E-state index contributed by atoms with van der Waals surface area (Å²) in [4.78, 5) is 26.7. The molecule has 2 rings (SSSR count). The minimum atomic E-state index is 0.0753. The third kappa shape index (κ3) is 3.80. The Morgan fingerprint density at radius 1 is 1.42 bits per heavy atom. The molecule has 1 saturated heterocycles. The number of nitrogens with one attached hydrogen (secondary N) is 1. The Hall–Kier alpha value is -1.36. The number of carbonyl (C=O) groups is 2. The van der Waals surface area contributed by atoms with Crippen LogP contribution < -0.4 is 5.32 Å². The summed E-state index contributed by atoms with van der Waals surface area (Å²) >= 11 is 1.70. The SMILES string of the molecule is CNC(=O)C1CCN(C(=O)CCc2cccs2)CC1. The molecule has 4 nitrogen and oxygen atoms in total. The Morgan fingerprint density at radius 2 is 2.16 bits per heavy atom. The fourth-order valence-electron chi connectivity index (χ4n) is 2.44. The fraction of sp³-hybridized carbons (Fsp3) is 0.571. The first-order valence-electron chi connectivity index (χ1n) is 6.72.